The van der Waals surface area contributed by atoms with Crippen LogP contribution in [0.15, 0.2) is 54.6 Å². The Morgan fingerprint density at radius 1 is 1.07 bits per heavy atom. The maximum Gasteiger partial charge on any atom is 0.421 e. The smallest absolute Gasteiger partial charge is 0.335 e. The van der Waals surface area contributed by atoms with Crippen LogP contribution in [0.1, 0.15) is 18.9 Å². The fourth-order valence-electron chi connectivity index (χ4n) is 4.06. The monoisotopic (exact) mass is 601 g/mol. The fourth-order valence-corrected chi connectivity index (χ4v) is 5.44. The Kier molecular flexibility index (Phi) is 9.64. The van der Waals surface area contributed by atoms with E-state index in [-0.39, 0.29) is 41.0 Å². The molecule has 3 rings (SSSR count). The number of benzene rings is 3. The van der Waals surface area contributed by atoms with Gasteiger partial charge < -0.3 is 20.1 Å². The maximum absolute atomic E-state index is 15.6. The molecule has 3 aromatic carbocycles. The van der Waals surface area contributed by atoms with Crippen LogP contribution in [-0.4, -0.2) is 38.4 Å². The lowest BCUT2D eigenvalue weighted by Crippen LogP contribution is -2.39. The van der Waals surface area contributed by atoms with Gasteiger partial charge in [-0.05, 0) is 62.6 Å². The summed E-state index contributed by atoms with van der Waals surface area (Å²) in [4.78, 5) is 24.7. The lowest BCUT2D eigenvalue weighted by molar-refractivity contribution is -0.139. The first-order valence-electron chi connectivity index (χ1n) is 11.9. The summed E-state index contributed by atoms with van der Waals surface area (Å²) < 4.78 is 84.6. The summed E-state index contributed by atoms with van der Waals surface area (Å²) in [7, 11) is -2.98. The van der Waals surface area contributed by atoms with Crippen molar-refractivity contribution in [2.24, 2.45) is 0 Å². The van der Waals surface area contributed by atoms with Gasteiger partial charge in [0.05, 0.1) is 11.4 Å². The molecule has 13 heteroatoms. The highest BCUT2D eigenvalue weighted by Crippen LogP contribution is 2.44. The van der Waals surface area contributed by atoms with E-state index in [2.05, 4.69) is 10.6 Å². The zero-order valence-electron chi connectivity index (χ0n) is 21.7. The molecule has 0 saturated carbocycles. The molecule has 2 N–H and O–H groups in total. The van der Waals surface area contributed by atoms with Crippen molar-refractivity contribution in [3.05, 3.63) is 76.8 Å². The van der Waals surface area contributed by atoms with Crippen LogP contribution in [0.4, 0.5) is 38.1 Å². The number of nitrogens with one attached hydrogen (secondary N) is 2. The van der Waals surface area contributed by atoms with E-state index in [4.69, 9.17) is 11.6 Å². The molecule has 1 unspecified atom stereocenters. The van der Waals surface area contributed by atoms with Gasteiger partial charge in [0.1, 0.15) is 24.3 Å². The van der Waals surface area contributed by atoms with Crippen LogP contribution in [0.2, 0.25) is 5.02 Å². The number of nitrogens with zero attached hydrogens (tertiary/aromatic N) is 1. The number of alkyl halides is 3. The van der Waals surface area contributed by atoms with Gasteiger partial charge in [0, 0.05) is 28.5 Å². The largest absolute Gasteiger partial charge is 0.421 e. The Balaban J connectivity index is 1.84. The van der Waals surface area contributed by atoms with Crippen molar-refractivity contribution in [2.75, 3.05) is 30.1 Å². The number of carbonyl (C=O) groups excluding carboxylic acids is 2. The van der Waals surface area contributed by atoms with Gasteiger partial charge in [0.2, 0.25) is 6.41 Å². The molecule has 3 amide bonds. The third kappa shape index (κ3) is 7.40. The number of halogens is 6. The lowest BCUT2D eigenvalue weighted by Gasteiger charge is -2.25. The summed E-state index contributed by atoms with van der Waals surface area (Å²) in [5.74, 6) is -2.37. The van der Waals surface area contributed by atoms with Crippen molar-refractivity contribution in [1.29, 1.82) is 0 Å². The van der Waals surface area contributed by atoms with Crippen molar-refractivity contribution in [2.45, 2.75) is 25.6 Å². The third-order valence-corrected chi connectivity index (χ3v) is 7.76. The second-order valence-corrected chi connectivity index (χ2v) is 13.0. The normalized spacial score (nSPS) is 12.5. The molecule has 0 saturated heterocycles. The molecule has 0 heterocycles. The number of hydrogen-bond acceptors (Lipinski definition) is 3. The van der Waals surface area contributed by atoms with Crippen molar-refractivity contribution >= 4 is 47.9 Å². The molecule has 0 spiro atoms. The summed E-state index contributed by atoms with van der Waals surface area (Å²) in [6.07, 6.45) is -5.05. The average Bonchev–Trinajstić information content (AvgIpc) is 2.85. The molecule has 40 heavy (non-hydrogen) atoms. The van der Waals surface area contributed by atoms with Gasteiger partial charge in [-0.2, -0.15) is 13.2 Å². The van der Waals surface area contributed by atoms with Crippen LogP contribution in [-0.2, 0) is 15.5 Å². The summed E-state index contributed by atoms with van der Waals surface area (Å²) in [5, 5.41) is 5.14. The number of urea groups is 1. The van der Waals surface area contributed by atoms with E-state index in [1.807, 2.05) is 0 Å². The van der Waals surface area contributed by atoms with Gasteiger partial charge in [-0.1, -0.05) is 35.9 Å². The lowest BCUT2D eigenvalue weighted by atomic mass is 9.99. The Hall–Kier alpha value is -3.43. The Morgan fingerprint density at radius 2 is 1.75 bits per heavy atom. The molecule has 0 bridgehead atoms. The molecule has 0 radical (unpaired) electrons. The summed E-state index contributed by atoms with van der Waals surface area (Å²) in [6.45, 7) is 4.08. The van der Waals surface area contributed by atoms with Crippen LogP contribution in [0.3, 0.4) is 0 Å². The molecule has 0 fully saturated rings. The Labute approximate surface area is 232 Å². The molecule has 0 aliphatic carbocycles. The highest BCUT2D eigenvalue weighted by Gasteiger charge is 2.40. The topological polar surface area (TPSA) is 78.5 Å². The quantitative estimate of drug-likeness (QED) is 0.156. The van der Waals surface area contributed by atoms with Crippen LogP contribution in [0.25, 0.3) is 11.1 Å². The van der Waals surface area contributed by atoms with Gasteiger partial charge in [-0.3, -0.25) is 4.79 Å². The minimum Gasteiger partial charge on any atom is -0.335 e. The fraction of sp³-hybridized carbons (Fsp3) is 0.259. The van der Waals surface area contributed by atoms with Crippen LogP contribution in [0.5, 0.6) is 0 Å². The van der Waals surface area contributed by atoms with E-state index in [0.29, 0.717) is 4.90 Å². The van der Waals surface area contributed by atoms with Gasteiger partial charge in [0.25, 0.3) is 0 Å². The number of amides is 3. The molecular formula is C27H26ClF5N3O3P. The minimum atomic E-state index is -5.17. The van der Waals surface area contributed by atoms with E-state index in [1.165, 1.54) is 50.6 Å². The Bertz CT molecular complexity index is 1460. The highest BCUT2D eigenvalue weighted by atomic mass is 35.5. The Morgan fingerprint density at radius 3 is 2.35 bits per heavy atom. The molecule has 3 aromatic rings. The predicted octanol–water partition coefficient (Wildman–Crippen LogP) is 7.12. The molecule has 0 aliphatic rings. The first kappa shape index (κ1) is 31.1. The number of anilines is 2. The number of hydrogen-bond donors (Lipinski definition) is 2. The van der Waals surface area contributed by atoms with E-state index >= 15 is 4.39 Å². The van der Waals surface area contributed by atoms with Crippen LogP contribution in [0, 0.1) is 11.6 Å². The number of carbonyl (C=O) groups is 2. The first-order chi connectivity index (χ1) is 18.6. The zero-order chi connectivity index (χ0) is 29.8. The van der Waals surface area contributed by atoms with Gasteiger partial charge in [-0.25, -0.2) is 13.6 Å². The van der Waals surface area contributed by atoms with Gasteiger partial charge in [-0.15, -0.1) is 0 Å². The molecule has 214 valence electrons. The second-order valence-electron chi connectivity index (χ2n) is 9.40. The molecule has 1 atom stereocenters. The minimum absolute atomic E-state index is 0.0202. The maximum atomic E-state index is 15.6. The summed E-state index contributed by atoms with van der Waals surface area (Å²) in [6, 6.07) is 10.2. The first-order valence-corrected chi connectivity index (χ1v) is 14.9. The van der Waals surface area contributed by atoms with E-state index in [0.717, 1.165) is 18.2 Å². The van der Waals surface area contributed by atoms with Gasteiger partial charge in [0.15, 0.2) is 0 Å². The van der Waals surface area contributed by atoms with E-state index in [1.54, 1.807) is 6.07 Å². The SMILES string of the molecule is CC(CCN(C=O)c1ccc(-c2ccccc2P(C)(C)=O)c(F)c1C(F)(F)F)NC(=O)Nc1ccc(Cl)cc1F. The van der Waals surface area contributed by atoms with Crippen molar-refractivity contribution < 1.29 is 36.1 Å². The standard InChI is InChI=1S/C27H26ClF5N3O3P/c1-16(34-26(38)35-21-10-8-17(28)14-20(21)29)12-13-36(15-37)22-11-9-19(25(30)24(22)27(31,32)33)18-6-4-5-7-23(18)40(2,3)39/h4-11,14-16H,12-13H2,1-3H3,(H2,34,35,38). The summed E-state index contributed by atoms with van der Waals surface area (Å²) in [5.41, 5.74) is -2.84. The third-order valence-electron chi connectivity index (χ3n) is 5.97. The predicted molar refractivity (Wildman–Crippen MR) is 147 cm³/mol. The van der Waals surface area contributed by atoms with E-state index in [9.17, 15) is 31.7 Å². The van der Waals surface area contributed by atoms with Crippen molar-refractivity contribution in [3.63, 3.8) is 0 Å². The van der Waals surface area contributed by atoms with Crippen LogP contribution < -0.4 is 20.8 Å². The highest BCUT2D eigenvalue weighted by molar-refractivity contribution is 7.70. The molecule has 0 aliphatic heterocycles. The van der Waals surface area contributed by atoms with Gasteiger partial charge >= 0.3 is 12.2 Å². The van der Waals surface area contributed by atoms with Crippen LogP contribution >= 0.6 is 18.7 Å². The van der Waals surface area contributed by atoms with Crippen molar-refractivity contribution in [3.8, 4) is 11.1 Å². The number of rotatable bonds is 9. The van der Waals surface area contributed by atoms with Crippen molar-refractivity contribution in [1.82, 2.24) is 5.32 Å². The molecule has 0 aromatic heterocycles. The zero-order valence-corrected chi connectivity index (χ0v) is 23.3. The summed E-state index contributed by atoms with van der Waals surface area (Å²) >= 11 is 5.68. The average molecular weight is 602 g/mol. The van der Waals surface area contributed by atoms with E-state index < -0.39 is 53.8 Å². The molecule has 6 nitrogen and oxygen atoms in total. The molecular weight excluding hydrogens is 576 g/mol. The second kappa shape index (κ2) is 12.4.